The fourth-order valence-electron chi connectivity index (χ4n) is 5.17. The second-order valence-electron chi connectivity index (χ2n) is 10.2. The van der Waals surface area contributed by atoms with E-state index in [2.05, 4.69) is 10.4 Å². The van der Waals surface area contributed by atoms with Gasteiger partial charge in [0.15, 0.2) is 5.69 Å². The molecule has 1 aromatic carbocycles. The number of carboxylic acid groups (broad SMARTS) is 1. The van der Waals surface area contributed by atoms with Gasteiger partial charge in [-0.15, -0.1) is 0 Å². The molecule has 1 aliphatic rings. The molecule has 0 spiro atoms. The number of hydrogen-bond acceptors (Lipinski definition) is 4. The zero-order valence-corrected chi connectivity index (χ0v) is 26.3. The van der Waals surface area contributed by atoms with Gasteiger partial charge in [0.2, 0.25) is 0 Å². The minimum atomic E-state index is -4.63. The average Bonchev–Trinajstić information content (AvgIpc) is 3.40. The number of likely N-dealkylation sites (tertiary alicyclic amines) is 1. The van der Waals surface area contributed by atoms with Crippen LogP contribution in [-0.4, -0.2) is 62.8 Å². The molecular formula is C31H47F5N4O3. The maximum absolute atomic E-state index is 13.9. The van der Waals surface area contributed by atoms with Gasteiger partial charge in [0.1, 0.15) is 0 Å². The van der Waals surface area contributed by atoms with E-state index in [0.717, 1.165) is 6.07 Å². The van der Waals surface area contributed by atoms with Gasteiger partial charge in [-0.1, -0.05) is 59.7 Å². The highest BCUT2D eigenvalue weighted by Crippen LogP contribution is 2.38. The minimum Gasteiger partial charge on any atom is -0.481 e. The van der Waals surface area contributed by atoms with Gasteiger partial charge in [0, 0.05) is 24.1 Å². The molecule has 2 heterocycles. The number of hydrogen-bond donors (Lipinski definition) is 2. The number of carbonyl (C=O) groups excluding carboxylic acids is 1. The molecular weight excluding hydrogens is 571 g/mol. The van der Waals surface area contributed by atoms with Gasteiger partial charge in [-0.25, -0.2) is 8.78 Å². The number of aliphatic carboxylic acids is 1. The molecule has 43 heavy (non-hydrogen) atoms. The Morgan fingerprint density at radius 2 is 1.70 bits per heavy atom. The molecule has 0 bridgehead atoms. The van der Waals surface area contributed by atoms with Gasteiger partial charge in [0.05, 0.1) is 30.3 Å². The molecule has 3 rings (SSSR count). The van der Waals surface area contributed by atoms with Gasteiger partial charge >= 0.3 is 12.1 Å². The number of benzene rings is 1. The van der Waals surface area contributed by atoms with Crippen molar-refractivity contribution in [2.45, 2.75) is 117 Å². The van der Waals surface area contributed by atoms with E-state index in [-0.39, 0.29) is 35.8 Å². The smallest absolute Gasteiger partial charge is 0.417 e. The van der Waals surface area contributed by atoms with Crippen molar-refractivity contribution >= 4 is 11.9 Å². The number of nitrogens with zero attached hydrogens (tertiary/aromatic N) is 3. The van der Waals surface area contributed by atoms with Crippen molar-refractivity contribution in [3.05, 3.63) is 41.6 Å². The Balaban J connectivity index is 0.00000221. The lowest BCUT2D eigenvalue weighted by atomic mass is 9.99. The third-order valence-corrected chi connectivity index (χ3v) is 7.19. The summed E-state index contributed by atoms with van der Waals surface area (Å²) in [4.78, 5) is 26.3. The summed E-state index contributed by atoms with van der Waals surface area (Å²) in [5.41, 5.74) is -1.01. The Labute approximate surface area is 251 Å². The van der Waals surface area contributed by atoms with Crippen LogP contribution in [0.2, 0.25) is 0 Å². The number of rotatable bonds is 11. The summed E-state index contributed by atoms with van der Waals surface area (Å²) in [7, 11) is 0. The molecule has 12 heteroatoms. The number of amides is 1. The quantitative estimate of drug-likeness (QED) is 0.249. The van der Waals surface area contributed by atoms with Gasteiger partial charge < -0.3 is 10.4 Å². The van der Waals surface area contributed by atoms with Gasteiger partial charge in [-0.05, 0) is 51.3 Å². The molecule has 1 amide bonds. The number of aromatic nitrogens is 2. The van der Waals surface area contributed by atoms with Crippen molar-refractivity contribution in [2.75, 3.05) is 13.1 Å². The molecule has 7 nitrogen and oxygen atoms in total. The highest BCUT2D eigenvalue weighted by molar-refractivity contribution is 5.94. The van der Waals surface area contributed by atoms with Crippen molar-refractivity contribution < 1.29 is 36.6 Å². The molecule has 2 N–H and O–H groups in total. The van der Waals surface area contributed by atoms with E-state index in [1.807, 2.05) is 41.5 Å². The van der Waals surface area contributed by atoms with Gasteiger partial charge in [0.25, 0.3) is 11.8 Å². The van der Waals surface area contributed by atoms with Crippen molar-refractivity contribution in [3.63, 3.8) is 0 Å². The Kier molecular flexibility index (Phi) is 15.3. The second kappa shape index (κ2) is 17.3. The first kappa shape index (κ1) is 38.0. The topological polar surface area (TPSA) is 87.5 Å². The molecule has 0 aliphatic carbocycles. The van der Waals surface area contributed by atoms with Crippen LogP contribution in [0, 0.1) is 0 Å². The third kappa shape index (κ3) is 10.9. The maximum Gasteiger partial charge on any atom is 0.417 e. The average molecular weight is 619 g/mol. The molecule has 1 saturated heterocycles. The van der Waals surface area contributed by atoms with Crippen molar-refractivity contribution in [1.82, 2.24) is 20.0 Å². The van der Waals surface area contributed by atoms with E-state index < -0.39 is 54.6 Å². The zero-order chi connectivity index (χ0) is 33.0. The molecule has 1 unspecified atom stereocenters. The molecule has 0 saturated carbocycles. The summed E-state index contributed by atoms with van der Waals surface area (Å²) in [6.07, 6.45) is -3.76. The third-order valence-electron chi connectivity index (χ3n) is 7.19. The first-order valence-corrected chi connectivity index (χ1v) is 15.2. The van der Waals surface area contributed by atoms with Crippen LogP contribution < -0.4 is 5.32 Å². The number of carboxylic acids is 1. The largest absolute Gasteiger partial charge is 0.481 e. The van der Waals surface area contributed by atoms with Crippen LogP contribution in [-0.2, 0) is 11.0 Å². The minimum absolute atomic E-state index is 0.102. The highest BCUT2D eigenvalue weighted by Gasteiger charge is 2.38. The van der Waals surface area contributed by atoms with Crippen LogP contribution in [0.1, 0.15) is 109 Å². The van der Waals surface area contributed by atoms with E-state index in [1.54, 1.807) is 11.8 Å². The normalized spacial score (nSPS) is 16.3. The first-order chi connectivity index (χ1) is 20.3. The van der Waals surface area contributed by atoms with E-state index in [4.69, 9.17) is 0 Å². The SMILES string of the molecule is CC.CC.CCC(CC)n1nc(C(=O)N[C@H](CC(=O)O)CC(C)N2CCCC(F)(F)C2)cc1-c1ccccc1C(F)(F)F. The van der Waals surface area contributed by atoms with Gasteiger partial charge in [-0.2, -0.15) is 18.3 Å². The summed E-state index contributed by atoms with van der Waals surface area (Å²) in [5, 5.41) is 16.4. The molecule has 244 valence electrons. The number of nitrogens with one attached hydrogen (secondary N) is 1. The predicted molar refractivity (Wildman–Crippen MR) is 158 cm³/mol. The molecule has 0 radical (unpaired) electrons. The van der Waals surface area contributed by atoms with Crippen LogP contribution in [0.5, 0.6) is 0 Å². The number of halogens is 5. The lowest BCUT2D eigenvalue weighted by Gasteiger charge is -2.37. The van der Waals surface area contributed by atoms with Crippen LogP contribution in [0.3, 0.4) is 0 Å². The molecule has 2 atom stereocenters. The Morgan fingerprint density at radius 3 is 2.23 bits per heavy atom. The van der Waals surface area contributed by atoms with E-state index >= 15 is 0 Å². The molecule has 1 aliphatic heterocycles. The fraction of sp³-hybridized carbons (Fsp3) is 0.645. The molecule has 2 aromatic rings. The first-order valence-electron chi connectivity index (χ1n) is 15.2. The highest BCUT2D eigenvalue weighted by atomic mass is 19.4. The predicted octanol–water partition coefficient (Wildman–Crippen LogP) is 8.07. The van der Waals surface area contributed by atoms with Crippen molar-refractivity contribution in [2.24, 2.45) is 0 Å². The van der Waals surface area contributed by atoms with Crippen LogP contribution >= 0.6 is 0 Å². The Bertz CT molecular complexity index is 1150. The van der Waals surface area contributed by atoms with Crippen LogP contribution in [0.15, 0.2) is 30.3 Å². The Hall–Kier alpha value is -3.02. The Morgan fingerprint density at radius 1 is 1.09 bits per heavy atom. The summed E-state index contributed by atoms with van der Waals surface area (Å²) < 4.78 is 70.6. The lowest BCUT2D eigenvalue weighted by Crippen LogP contribution is -2.49. The van der Waals surface area contributed by atoms with E-state index in [1.165, 1.54) is 28.9 Å². The number of alkyl halides is 5. The lowest BCUT2D eigenvalue weighted by molar-refractivity contribution is -0.138. The summed E-state index contributed by atoms with van der Waals surface area (Å²) >= 11 is 0. The van der Waals surface area contributed by atoms with Crippen LogP contribution in [0.4, 0.5) is 22.0 Å². The zero-order valence-electron chi connectivity index (χ0n) is 26.3. The van der Waals surface area contributed by atoms with Gasteiger partial charge in [-0.3, -0.25) is 19.2 Å². The standard InChI is InChI=1S/C27H35F5N4O3.2C2H6/c1-4-19(5-2)36-23(20-9-6-7-10-21(20)27(30,31)32)15-22(34-36)25(39)33-18(14-24(37)38)13-17(3)35-12-8-11-26(28,29)16-35;2*1-2/h6-7,9-10,15,17-19H,4-5,8,11-14,16H2,1-3H3,(H,33,39)(H,37,38);2*1-2H3/t17?,18-;;/m0../s1. The fourth-order valence-corrected chi connectivity index (χ4v) is 5.17. The summed E-state index contributed by atoms with van der Waals surface area (Å²) in [6, 6.07) is 4.72. The number of piperidine rings is 1. The van der Waals surface area contributed by atoms with E-state index in [9.17, 15) is 36.6 Å². The van der Waals surface area contributed by atoms with Crippen LogP contribution in [0.25, 0.3) is 11.3 Å². The van der Waals surface area contributed by atoms with Crippen molar-refractivity contribution in [3.8, 4) is 11.3 Å². The summed E-state index contributed by atoms with van der Waals surface area (Å²) in [5.74, 6) is -4.75. The maximum atomic E-state index is 13.9. The number of carbonyl (C=O) groups is 2. The molecule has 1 aromatic heterocycles. The van der Waals surface area contributed by atoms with Crippen molar-refractivity contribution in [1.29, 1.82) is 0 Å². The monoisotopic (exact) mass is 618 g/mol. The van der Waals surface area contributed by atoms with E-state index in [0.29, 0.717) is 25.8 Å². The molecule has 1 fully saturated rings. The summed E-state index contributed by atoms with van der Waals surface area (Å²) in [6.45, 7) is 13.4. The second-order valence-corrected chi connectivity index (χ2v) is 10.2.